The van der Waals surface area contributed by atoms with Gasteiger partial charge >= 0.3 is 0 Å². The number of carbonyl (C=O) groups excluding carboxylic acids is 1. The third-order valence-electron chi connectivity index (χ3n) is 4.47. The lowest BCUT2D eigenvalue weighted by atomic mass is 10.0. The van der Waals surface area contributed by atoms with Crippen molar-refractivity contribution in [2.45, 2.75) is 6.54 Å². The van der Waals surface area contributed by atoms with Gasteiger partial charge in [0.15, 0.2) is 6.29 Å². The van der Waals surface area contributed by atoms with E-state index in [1.54, 1.807) is 22.9 Å². The SMILES string of the molecule is O=Cc1cnccc1-c1cc(Cl)c2c(O)n(Cc3ccc(Cl)cc3)cc2c1. The first kappa shape index (κ1) is 17.6. The number of rotatable bonds is 4. The third-order valence-corrected chi connectivity index (χ3v) is 5.02. The Morgan fingerprint density at radius 2 is 1.89 bits per heavy atom. The number of pyridine rings is 1. The molecule has 0 bridgehead atoms. The number of fused-ring (bicyclic) bond motifs is 1. The topological polar surface area (TPSA) is 55.1 Å². The van der Waals surface area contributed by atoms with Crippen LogP contribution in [-0.4, -0.2) is 20.9 Å². The minimum atomic E-state index is 0.0989. The van der Waals surface area contributed by atoms with E-state index in [2.05, 4.69) is 4.98 Å². The number of benzene rings is 2. The molecule has 1 N–H and O–H groups in total. The van der Waals surface area contributed by atoms with Gasteiger partial charge in [-0.1, -0.05) is 35.3 Å². The molecule has 0 aliphatic rings. The summed E-state index contributed by atoms with van der Waals surface area (Å²) in [7, 11) is 0. The molecule has 0 unspecified atom stereocenters. The molecule has 0 spiro atoms. The number of hydrogen-bond acceptors (Lipinski definition) is 3. The molecule has 0 fully saturated rings. The van der Waals surface area contributed by atoms with Crippen molar-refractivity contribution >= 4 is 40.3 Å². The largest absolute Gasteiger partial charge is 0.494 e. The number of halogens is 2. The molecule has 4 aromatic rings. The van der Waals surface area contributed by atoms with Gasteiger partial charge in [-0.15, -0.1) is 0 Å². The maximum Gasteiger partial charge on any atom is 0.200 e. The first-order chi connectivity index (χ1) is 13.1. The standard InChI is InChI=1S/C21H14Cl2N2O2/c22-17-3-1-13(2-4-17)10-25-11-15-7-14(8-19(23)20(15)21(25)27)18-5-6-24-9-16(18)12-26/h1-9,11-12,27H,10H2. The summed E-state index contributed by atoms with van der Waals surface area (Å²) in [6.45, 7) is 0.484. The van der Waals surface area contributed by atoms with E-state index in [9.17, 15) is 9.90 Å². The van der Waals surface area contributed by atoms with Gasteiger partial charge in [-0.2, -0.15) is 0 Å². The zero-order valence-corrected chi connectivity index (χ0v) is 15.6. The molecule has 0 amide bonds. The Bertz CT molecular complexity index is 1150. The van der Waals surface area contributed by atoms with Crippen molar-refractivity contribution in [2.24, 2.45) is 0 Å². The number of aromatic nitrogens is 2. The van der Waals surface area contributed by atoms with Gasteiger partial charge in [0, 0.05) is 34.6 Å². The molecule has 134 valence electrons. The highest BCUT2D eigenvalue weighted by Crippen LogP contribution is 2.38. The van der Waals surface area contributed by atoms with Crippen LogP contribution in [0.2, 0.25) is 10.0 Å². The molecule has 2 aromatic carbocycles. The Morgan fingerprint density at radius 3 is 2.63 bits per heavy atom. The van der Waals surface area contributed by atoms with Crippen LogP contribution in [0.5, 0.6) is 5.88 Å². The van der Waals surface area contributed by atoms with Crippen molar-refractivity contribution in [1.82, 2.24) is 9.55 Å². The molecule has 27 heavy (non-hydrogen) atoms. The average Bonchev–Trinajstić information content (AvgIpc) is 2.99. The zero-order valence-electron chi connectivity index (χ0n) is 14.1. The molecule has 0 atom stereocenters. The molecule has 0 saturated heterocycles. The lowest BCUT2D eigenvalue weighted by molar-refractivity contribution is 0.112. The summed E-state index contributed by atoms with van der Waals surface area (Å²) in [6.07, 6.45) is 5.76. The lowest BCUT2D eigenvalue weighted by Crippen LogP contribution is -1.96. The Balaban J connectivity index is 1.81. The molecular weight excluding hydrogens is 383 g/mol. The molecule has 2 heterocycles. The maximum atomic E-state index is 11.3. The second-order valence-corrected chi connectivity index (χ2v) is 7.05. The van der Waals surface area contributed by atoms with Gasteiger partial charge in [-0.05, 0) is 47.0 Å². The van der Waals surface area contributed by atoms with Crippen LogP contribution in [0.4, 0.5) is 0 Å². The number of hydrogen-bond donors (Lipinski definition) is 1. The molecule has 0 saturated carbocycles. The van der Waals surface area contributed by atoms with Crippen LogP contribution >= 0.6 is 23.2 Å². The van der Waals surface area contributed by atoms with Gasteiger partial charge in [0.25, 0.3) is 0 Å². The molecular formula is C21H14Cl2N2O2. The summed E-state index contributed by atoms with van der Waals surface area (Å²) in [4.78, 5) is 15.3. The Morgan fingerprint density at radius 1 is 1.11 bits per heavy atom. The third kappa shape index (κ3) is 3.29. The lowest BCUT2D eigenvalue weighted by Gasteiger charge is -2.06. The van der Waals surface area contributed by atoms with Crippen LogP contribution in [0.1, 0.15) is 15.9 Å². The van der Waals surface area contributed by atoms with E-state index in [0.29, 0.717) is 27.5 Å². The number of aldehydes is 1. The molecule has 0 aliphatic heterocycles. The first-order valence-electron chi connectivity index (χ1n) is 8.22. The summed E-state index contributed by atoms with van der Waals surface area (Å²) in [5.41, 5.74) is 3.02. The fourth-order valence-corrected chi connectivity index (χ4v) is 3.60. The van der Waals surface area contributed by atoms with Crippen molar-refractivity contribution in [3.05, 3.63) is 82.2 Å². The van der Waals surface area contributed by atoms with Crippen molar-refractivity contribution in [3.8, 4) is 17.0 Å². The normalized spacial score (nSPS) is 11.0. The first-order valence-corrected chi connectivity index (χ1v) is 8.98. The van der Waals surface area contributed by atoms with E-state index < -0.39 is 0 Å². The van der Waals surface area contributed by atoms with Crippen molar-refractivity contribution < 1.29 is 9.90 Å². The zero-order chi connectivity index (χ0) is 19.0. The molecule has 4 nitrogen and oxygen atoms in total. The highest BCUT2D eigenvalue weighted by Gasteiger charge is 2.15. The second kappa shape index (κ2) is 7.06. The minimum Gasteiger partial charge on any atom is -0.494 e. The molecule has 4 rings (SSSR count). The van der Waals surface area contributed by atoms with Gasteiger partial charge in [0.1, 0.15) is 0 Å². The maximum absolute atomic E-state index is 11.3. The molecule has 2 aromatic heterocycles. The van der Waals surface area contributed by atoms with Gasteiger partial charge in [0.2, 0.25) is 5.88 Å². The molecule has 6 heteroatoms. The van der Waals surface area contributed by atoms with E-state index in [-0.39, 0.29) is 5.88 Å². The van der Waals surface area contributed by atoms with E-state index in [0.717, 1.165) is 28.4 Å². The highest BCUT2D eigenvalue weighted by molar-refractivity contribution is 6.36. The summed E-state index contributed by atoms with van der Waals surface area (Å²) >= 11 is 12.4. The Hall–Kier alpha value is -2.82. The second-order valence-electron chi connectivity index (χ2n) is 6.21. The number of nitrogens with zero attached hydrogens (tertiary/aromatic N) is 2. The predicted molar refractivity (Wildman–Crippen MR) is 108 cm³/mol. The van der Waals surface area contributed by atoms with E-state index >= 15 is 0 Å². The van der Waals surface area contributed by atoms with Gasteiger partial charge < -0.3 is 9.67 Å². The van der Waals surface area contributed by atoms with Crippen LogP contribution in [0.3, 0.4) is 0 Å². The quantitative estimate of drug-likeness (QED) is 0.458. The fourth-order valence-electron chi connectivity index (χ4n) is 3.16. The summed E-state index contributed by atoms with van der Waals surface area (Å²) in [6, 6.07) is 12.9. The van der Waals surface area contributed by atoms with Crippen LogP contribution in [0, 0.1) is 0 Å². The number of carbonyl (C=O) groups is 1. The van der Waals surface area contributed by atoms with Crippen LogP contribution < -0.4 is 0 Å². The number of aromatic hydroxyl groups is 1. The van der Waals surface area contributed by atoms with Crippen molar-refractivity contribution in [3.63, 3.8) is 0 Å². The minimum absolute atomic E-state index is 0.0989. The smallest absolute Gasteiger partial charge is 0.200 e. The highest BCUT2D eigenvalue weighted by atomic mass is 35.5. The Labute approximate surface area is 165 Å². The van der Waals surface area contributed by atoms with Gasteiger partial charge in [-0.25, -0.2) is 0 Å². The van der Waals surface area contributed by atoms with E-state index in [1.165, 1.54) is 6.20 Å². The molecule has 0 aliphatic carbocycles. The fraction of sp³-hybridized carbons (Fsp3) is 0.0476. The van der Waals surface area contributed by atoms with Crippen molar-refractivity contribution in [2.75, 3.05) is 0 Å². The van der Waals surface area contributed by atoms with E-state index in [1.807, 2.05) is 36.5 Å². The summed E-state index contributed by atoms with van der Waals surface area (Å²) in [5.74, 6) is 0.0989. The Kier molecular flexibility index (Phi) is 4.60. The van der Waals surface area contributed by atoms with Crippen LogP contribution in [-0.2, 0) is 6.54 Å². The van der Waals surface area contributed by atoms with Crippen LogP contribution in [0.15, 0.2) is 61.1 Å². The summed E-state index contributed by atoms with van der Waals surface area (Å²) in [5, 5.41) is 13.1. The van der Waals surface area contributed by atoms with Gasteiger partial charge in [-0.3, -0.25) is 9.78 Å². The monoisotopic (exact) mass is 396 g/mol. The van der Waals surface area contributed by atoms with Crippen molar-refractivity contribution in [1.29, 1.82) is 0 Å². The van der Waals surface area contributed by atoms with E-state index in [4.69, 9.17) is 23.2 Å². The summed E-state index contributed by atoms with van der Waals surface area (Å²) < 4.78 is 1.73. The predicted octanol–water partition coefficient (Wildman–Crippen LogP) is 5.58. The average molecular weight is 397 g/mol. The van der Waals surface area contributed by atoms with Gasteiger partial charge in [0.05, 0.1) is 17.0 Å². The molecule has 0 radical (unpaired) electrons. The van der Waals surface area contributed by atoms with Crippen LogP contribution in [0.25, 0.3) is 21.9 Å².